The molecular weight excluding hydrogens is 573 g/mol. The Kier molecular flexibility index (Phi) is 35.0. The fraction of sp³-hybridized carbons (Fsp3) is 0.972. The molecule has 0 heterocycles. The molecule has 0 spiro atoms. The molecule has 0 aliphatic rings. The zero-order chi connectivity index (χ0) is 32.2. The normalized spacial score (nSPS) is 11.8. The third-order valence-corrected chi connectivity index (χ3v) is 9.45. The van der Waals surface area contributed by atoms with Crippen LogP contribution in [0.5, 0.6) is 0 Å². The first-order chi connectivity index (χ1) is 21.5. The monoisotopic (exact) mass is 648 g/mol. The Morgan fingerprint density at radius 1 is 0.409 bits per heavy atom. The second-order valence-electron chi connectivity index (χ2n) is 13.3. The van der Waals surface area contributed by atoms with Crippen molar-refractivity contribution in [3.63, 3.8) is 0 Å². The van der Waals surface area contributed by atoms with Crippen LogP contribution in [0.2, 0.25) is 0 Å². The maximum atomic E-state index is 10.9. The summed E-state index contributed by atoms with van der Waals surface area (Å²) < 4.78 is 15.0. The summed E-state index contributed by atoms with van der Waals surface area (Å²) in [5.41, 5.74) is 1.69. The van der Waals surface area contributed by atoms with E-state index in [-0.39, 0.29) is 12.5 Å². The molecular formula is C36H74NO6P. The molecule has 0 rings (SSSR count). The lowest BCUT2D eigenvalue weighted by Gasteiger charge is -2.05. The Morgan fingerprint density at radius 2 is 0.614 bits per heavy atom. The lowest BCUT2D eigenvalue weighted by molar-refractivity contribution is -0.129. The predicted molar refractivity (Wildman–Crippen MR) is 185 cm³/mol. The van der Waals surface area contributed by atoms with Crippen LogP contribution in [-0.4, -0.2) is 27.5 Å². The topological polar surface area (TPSA) is 116 Å². The Morgan fingerprint density at radius 3 is 0.818 bits per heavy atom. The van der Waals surface area contributed by atoms with Crippen molar-refractivity contribution >= 4 is 13.7 Å². The van der Waals surface area contributed by atoms with Crippen molar-refractivity contribution in [2.45, 2.75) is 218 Å². The summed E-state index contributed by atoms with van der Waals surface area (Å²) in [6, 6.07) is 0. The number of hydroxylamine groups is 1. The van der Waals surface area contributed by atoms with Gasteiger partial charge in [-0.05, 0) is 12.8 Å². The van der Waals surface area contributed by atoms with E-state index in [1.54, 1.807) is 5.48 Å². The molecule has 0 aliphatic carbocycles. The van der Waals surface area contributed by atoms with Crippen LogP contribution >= 0.6 is 7.82 Å². The highest BCUT2D eigenvalue weighted by Crippen LogP contribution is 2.35. The van der Waals surface area contributed by atoms with E-state index in [1.807, 2.05) is 0 Å². The predicted octanol–water partition coefficient (Wildman–Crippen LogP) is 11.9. The molecule has 0 unspecified atom stereocenters. The third-order valence-electron chi connectivity index (χ3n) is 8.93. The Hall–Kier alpha value is -0.460. The molecule has 44 heavy (non-hydrogen) atoms. The van der Waals surface area contributed by atoms with Gasteiger partial charge in [-0.2, -0.15) is 0 Å². The van der Waals surface area contributed by atoms with Crippen LogP contribution in [0.3, 0.4) is 0 Å². The number of carbonyl (C=O) groups excluding carboxylic acids is 1. The zero-order valence-electron chi connectivity index (χ0n) is 28.8. The highest BCUT2D eigenvalue weighted by molar-refractivity contribution is 7.46. The number of phosphoric acid groups is 1. The zero-order valence-corrected chi connectivity index (χ0v) is 29.7. The molecule has 7 nitrogen and oxygen atoms in total. The molecule has 0 bridgehead atoms. The Bertz CT molecular complexity index is 630. The first-order valence-electron chi connectivity index (χ1n) is 19.1. The molecule has 264 valence electrons. The summed E-state index contributed by atoms with van der Waals surface area (Å²) >= 11 is 0. The molecule has 1 amide bonds. The average molecular weight is 648 g/mol. The second-order valence-corrected chi connectivity index (χ2v) is 14.5. The molecule has 4 N–H and O–H groups in total. The van der Waals surface area contributed by atoms with Gasteiger partial charge in [0, 0.05) is 6.42 Å². The van der Waals surface area contributed by atoms with Gasteiger partial charge >= 0.3 is 7.82 Å². The van der Waals surface area contributed by atoms with Gasteiger partial charge in [-0.1, -0.05) is 199 Å². The lowest BCUT2D eigenvalue weighted by Crippen LogP contribution is -2.17. The fourth-order valence-corrected chi connectivity index (χ4v) is 6.47. The number of rotatable bonds is 37. The molecule has 0 aromatic rings. The standard InChI is InChI=1S/C36H74NO6P/c38-36(37-39)34-32-30-28-26-24-22-20-18-16-14-12-10-8-6-4-2-1-3-5-7-9-11-13-15-17-19-21-23-25-27-29-31-33-35-43-44(40,41)42/h39H,1-35H2,(H,37,38)(H2,40,41,42). The van der Waals surface area contributed by atoms with Gasteiger partial charge in [0.2, 0.25) is 5.91 Å². The van der Waals surface area contributed by atoms with Crippen molar-refractivity contribution < 1.29 is 28.9 Å². The molecule has 0 aromatic carbocycles. The van der Waals surface area contributed by atoms with Crippen LogP contribution in [0.4, 0.5) is 0 Å². The van der Waals surface area contributed by atoms with Crippen molar-refractivity contribution in [2.75, 3.05) is 6.61 Å². The smallest absolute Gasteiger partial charge is 0.303 e. The number of hydrogen-bond donors (Lipinski definition) is 4. The summed E-state index contributed by atoms with van der Waals surface area (Å²) in [4.78, 5) is 28.2. The summed E-state index contributed by atoms with van der Waals surface area (Å²) in [5, 5.41) is 8.46. The van der Waals surface area contributed by atoms with Gasteiger partial charge in [-0.25, -0.2) is 10.0 Å². The Labute approximate surface area is 272 Å². The number of amides is 1. The molecule has 0 aliphatic heterocycles. The molecule has 0 radical (unpaired) electrons. The fourth-order valence-electron chi connectivity index (χ4n) is 6.11. The minimum atomic E-state index is -4.28. The summed E-state index contributed by atoms with van der Waals surface area (Å²) in [6.07, 6.45) is 44.0. The van der Waals surface area contributed by atoms with Gasteiger partial charge in [0.15, 0.2) is 0 Å². The highest BCUT2D eigenvalue weighted by Gasteiger charge is 2.12. The van der Waals surface area contributed by atoms with E-state index in [0.29, 0.717) is 6.42 Å². The number of hydrogen-bond acceptors (Lipinski definition) is 4. The molecule has 8 heteroatoms. The molecule has 0 aromatic heterocycles. The van der Waals surface area contributed by atoms with Gasteiger partial charge < -0.3 is 9.79 Å². The largest absolute Gasteiger partial charge is 0.469 e. The lowest BCUT2D eigenvalue weighted by atomic mass is 10.0. The number of phosphoric ester groups is 1. The minimum Gasteiger partial charge on any atom is -0.303 e. The minimum absolute atomic E-state index is 0.163. The van der Waals surface area contributed by atoms with Crippen molar-refractivity contribution in [3.8, 4) is 0 Å². The molecule has 0 saturated heterocycles. The first-order valence-corrected chi connectivity index (χ1v) is 20.6. The van der Waals surface area contributed by atoms with Crippen LogP contribution < -0.4 is 5.48 Å². The van der Waals surface area contributed by atoms with E-state index >= 15 is 0 Å². The van der Waals surface area contributed by atoms with Crippen molar-refractivity contribution in [2.24, 2.45) is 0 Å². The maximum absolute atomic E-state index is 10.9. The van der Waals surface area contributed by atoms with E-state index in [4.69, 9.17) is 15.0 Å². The summed E-state index contributed by atoms with van der Waals surface area (Å²) in [5.74, 6) is -0.264. The van der Waals surface area contributed by atoms with Gasteiger partial charge in [0.25, 0.3) is 0 Å². The number of carbonyl (C=O) groups is 1. The van der Waals surface area contributed by atoms with Crippen molar-refractivity contribution in [3.05, 3.63) is 0 Å². The summed E-state index contributed by atoms with van der Waals surface area (Å²) in [6.45, 7) is 0.163. The molecule has 0 fully saturated rings. The van der Waals surface area contributed by atoms with Crippen molar-refractivity contribution in [1.82, 2.24) is 5.48 Å². The Balaban J connectivity index is 3.07. The van der Waals surface area contributed by atoms with Gasteiger partial charge in [0.05, 0.1) is 6.61 Å². The van der Waals surface area contributed by atoms with E-state index in [1.165, 1.54) is 180 Å². The van der Waals surface area contributed by atoms with Crippen LogP contribution in [0.1, 0.15) is 218 Å². The van der Waals surface area contributed by atoms with Gasteiger partial charge in [-0.15, -0.1) is 0 Å². The molecule has 0 atom stereocenters. The summed E-state index contributed by atoms with van der Waals surface area (Å²) in [7, 11) is -4.28. The second kappa shape index (κ2) is 35.4. The van der Waals surface area contributed by atoms with E-state index < -0.39 is 7.82 Å². The third kappa shape index (κ3) is 39.6. The van der Waals surface area contributed by atoms with Crippen LogP contribution in [0.15, 0.2) is 0 Å². The van der Waals surface area contributed by atoms with E-state index in [2.05, 4.69) is 4.52 Å². The van der Waals surface area contributed by atoms with E-state index in [9.17, 15) is 9.36 Å². The highest BCUT2D eigenvalue weighted by atomic mass is 31.2. The average Bonchev–Trinajstić information content (AvgIpc) is 3.00. The number of nitrogens with one attached hydrogen (secondary N) is 1. The van der Waals surface area contributed by atoms with Gasteiger partial charge in [0.1, 0.15) is 0 Å². The van der Waals surface area contributed by atoms with Crippen LogP contribution in [0.25, 0.3) is 0 Å². The van der Waals surface area contributed by atoms with Gasteiger partial charge in [-0.3, -0.25) is 14.5 Å². The van der Waals surface area contributed by atoms with Crippen molar-refractivity contribution in [1.29, 1.82) is 0 Å². The van der Waals surface area contributed by atoms with Crippen LogP contribution in [0, 0.1) is 0 Å². The quantitative estimate of drug-likeness (QED) is 0.0231. The SMILES string of the molecule is O=C(CCCCCCCCCCCCCCCCCCCCCCCCCCCCCCCCCCCOP(=O)(O)O)NO. The van der Waals surface area contributed by atoms with E-state index in [0.717, 1.165) is 32.1 Å². The first kappa shape index (κ1) is 43.5. The number of unbranched alkanes of at least 4 members (excludes halogenated alkanes) is 32. The maximum Gasteiger partial charge on any atom is 0.469 e. The molecule has 0 saturated carbocycles. The van der Waals surface area contributed by atoms with Crippen LogP contribution in [-0.2, 0) is 13.9 Å².